The lowest BCUT2D eigenvalue weighted by Crippen LogP contribution is -2.00. The molecule has 7 nitrogen and oxygen atoms in total. The highest BCUT2D eigenvalue weighted by molar-refractivity contribution is 6.32. The second-order valence-corrected chi connectivity index (χ2v) is 6.58. The van der Waals surface area contributed by atoms with Gasteiger partial charge in [-0.2, -0.15) is 0 Å². The molecule has 0 aliphatic rings. The van der Waals surface area contributed by atoms with Gasteiger partial charge in [0, 0.05) is 35.7 Å². The van der Waals surface area contributed by atoms with Gasteiger partial charge in [-0.1, -0.05) is 23.7 Å². The van der Waals surface area contributed by atoms with Crippen LogP contribution in [0.2, 0.25) is 5.02 Å². The lowest BCUT2D eigenvalue weighted by Gasteiger charge is -2.12. The summed E-state index contributed by atoms with van der Waals surface area (Å²) in [6.45, 7) is 0.124. The Kier molecular flexibility index (Phi) is 6.77. The number of methoxy groups -OCH3 is 1. The number of allylic oxidation sites excluding steroid dienone is 1. The first kappa shape index (κ1) is 21.0. The summed E-state index contributed by atoms with van der Waals surface area (Å²) in [7, 11) is 1.54. The predicted octanol–water partition coefficient (Wildman–Crippen LogP) is 5.13. The molecule has 152 valence electrons. The van der Waals surface area contributed by atoms with E-state index in [0.717, 1.165) is 11.1 Å². The minimum Gasteiger partial charge on any atom is -0.496 e. The maximum atomic E-state index is 12.2. The smallest absolute Gasteiger partial charge is 0.271 e. The van der Waals surface area contributed by atoms with E-state index in [9.17, 15) is 14.9 Å². The fourth-order valence-corrected chi connectivity index (χ4v) is 2.90. The summed E-state index contributed by atoms with van der Waals surface area (Å²) >= 11 is 6.07. The Morgan fingerprint density at radius 2 is 2.00 bits per heavy atom. The maximum absolute atomic E-state index is 12.2. The van der Waals surface area contributed by atoms with E-state index in [1.807, 2.05) is 12.1 Å². The van der Waals surface area contributed by atoms with Gasteiger partial charge in [0.25, 0.3) is 5.69 Å². The SMILES string of the molecule is COc1ccc(/C=C/C(=O)c2cccnc2)cc1COc1ccc([N+](=O)[O-])cc1Cl. The number of aromatic nitrogens is 1. The molecule has 0 aliphatic heterocycles. The Morgan fingerprint density at radius 1 is 1.20 bits per heavy atom. The number of hydrogen-bond donors (Lipinski definition) is 0. The summed E-state index contributed by atoms with van der Waals surface area (Å²) in [4.78, 5) is 26.4. The molecule has 1 heterocycles. The minimum atomic E-state index is -0.526. The summed E-state index contributed by atoms with van der Waals surface area (Å²) < 4.78 is 11.1. The molecule has 0 radical (unpaired) electrons. The lowest BCUT2D eigenvalue weighted by molar-refractivity contribution is -0.384. The van der Waals surface area contributed by atoms with E-state index in [-0.39, 0.29) is 23.1 Å². The van der Waals surface area contributed by atoms with E-state index in [0.29, 0.717) is 17.1 Å². The Balaban J connectivity index is 1.75. The van der Waals surface area contributed by atoms with E-state index in [1.54, 1.807) is 37.6 Å². The highest BCUT2D eigenvalue weighted by atomic mass is 35.5. The first-order chi connectivity index (χ1) is 14.5. The van der Waals surface area contributed by atoms with Gasteiger partial charge in [0.15, 0.2) is 5.78 Å². The zero-order chi connectivity index (χ0) is 21.5. The number of hydrogen-bond acceptors (Lipinski definition) is 6. The highest BCUT2D eigenvalue weighted by Crippen LogP contribution is 2.30. The van der Waals surface area contributed by atoms with Crippen molar-refractivity contribution in [1.82, 2.24) is 4.98 Å². The van der Waals surface area contributed by atoms with Crippen molar-refractivity contribution >= 4 is 29.1 Å². The maximum Gasteiger partial charge on any atom is 0.271 e. The molecule has 30 heavy (non-hydrogen) atoms. The zero-order valence-corrected chi connectivity index (χ0v) is 16.7. The van der Waals surface area contributed by atoms with Crippen LogP contribution in [0.3, 0.4) is 0 Å². The molecule has 1 aromatic heterocycles. The third kappa shape index (κ3) is 5.21. The Hall–Kier alpha value is -3.71. The Labute approximate surface area is 177 Å². The first-order valence-corrected chi connectivity index (χ1v) is 9.22. The van der Waals surface area contributed by atoms with E-state index in [4.69, 9.17) is 21.1 Å². The molecule has 0 saturated heterocycles. The van der Waals surface area contributed by atoms with Crippen LogP contribution in [0.1, 0.15) is 21.5 Å². The third-order valence-corrected chi connectivity index (χ3v) is 4.48. The summed E-state index contributed by atoms with van der Waals surface area (Å²) in [6, 6.07) is 12.8. The van der Waals surface area contributed by atoms with E-state index in [2.05, 4.69) is 4.98 Å². The number of halogens is 1. The second-order valence-electron chi connectivity index (χ2n) is 6.17. The van der Waals surface area contributed by atoms with Crippen LogP contribution in [0.15, 0.2) is 67.0 Å². The van der Waals surface area contributed by atoms with Gasteiger partial charge in [0.05, 0.1) is 17.1 Å². The van der Waals surface area contributed by atoms with Crippen molar-refractivity contribution in [3.63, 3.8) is 0 Å². The van der Waals surface area contributed by atoms with Crippen LogP contribution in [0.25, 0.3) is 6.08 Å². The lowest BCUT2D eigenvalue weighted by atomic mass is 10.1. The molecule has 0 atom stereocenters. The van der Waals surface area contributed by atoms with Crippen LogP contribution in [0, 0.1) is 10.1 Å². The van der Waals surface area contributed by atoms with Gasteiger partial charge in [-0.25, -0.2) is 0 Å². The van der Waals surface area contributed by atoms with Crippen molar-refractivity contribution < 1.29 is 19.2 Å². The van der Waals surface area contributed by atoms with Crippen molar-refractivity contribution in [3.05, 3.63) is 98.8 Å². The van der Waals surface area contributed by atoms with Crippen molar-refractivity contribution in [2.24, 2.45) is 0 Å². The van der Waals surface area contributed by atoms with Crippen molar-refractivity contribution in [2.75, 3.05) is 7.11 Å². The number of nitrogens with zero attached hydrogens (tertiary/aromatic N) is 2. The molecule has 0 amide bonds. The van der Waals surface area contributed by atoms with Gasteiger partial charge in [0.2, 0.25) is 0 Å². The summed E-state index contributed by atoms with van der Waals surface area (Å²) in [5.74, 6) is 0.759. The van der Waals surface area contributed by atoms with Crippen LogP contribution in [0.5, 0.6) is 11.5 Å². The monoisotopic (exact) mass is 424 g/mol. The molecule has 0 fully saturated rings. The molecular formula is C22H17ClN2O5. The highest BCUT2D eigenvalue weighted by Gasteiger charge is 2.12. The number of ketones is 1. The molecule has 2 aromatic carbocycles. The summed E-state index contributed by atoms with van der Waals surface area (Å²) in [6.07, 6.45) is 6.27. The van der Waals surface area contributed by atoms with E-state index in [1.165, 1.54) is 30.5 Å². The molecule has 3 aromatic rings. The van der Waals surface area contributed by atoms with E-state index >= 15 is 0 Å². The van der Waals surface area contributed by atoms with Gasteiger partial charge >= 0.3 is 0 Å². The average Bonchev–Trinajstić information content (AvgIpc) is 2.77. The molecule has 0 spiro atoms. The zero-order valence-electron chi connectivity index (χ0n) is 15.9. The predicted molar refractivity (Wildman–Crippen MR) is 113 cm³/mol. The second kappa shape index (κ2) is 9.67. The minimum absolute atomic E-state index is 0.115. The quantitative estimate of drug-likeness (QED) is 0.215. The largest absolute Gasteiger partial charge is 0.496 e. The summed E-state index contributed by atoms with van der Waals surface area (Å²) in [5.41, 5.74) is 1.89. The van der Waals surface area contributed by atoms with E-state index < -0.39 is 4.92 Å². The number of non-ortho nitro benzene ring substituents is 1. The molecule has 0 saturated carbocycles. The number of nitro benzene ring substituents is 1. The molecular weight excluding hydrogens is 408 g/mol. The van der Waals surface area contributed by atoms with Crippen LogP contribution < -0.4 is 9.47 Å². The number of pyridine rings is 1. The van der Waals surface area contributed by atoms with Gasteiger partial charge < -0.3 is 9.47 Å². The summed E-state index contributed by atoms with van der Waals surface area (Å²) in [5, 5.41) is 11.0. The molecule has 3 rings (SSSR count). The number of nitro groups is 1. The van der Waals surface area contributed by atoms with Crippen molar-refractivity contribution in [2.45, 2.75) is 6.61 Å². The standard InChI is InChI=1S/C22H17ClN2O5/c1-29-21-8-5-15(4-7-20(26)16-3-2-10-24-13-16)11-17(21)14-30-22-9-6-18(25(27)28)12-19(22)23/h2-13H,14H2,1H3/b7-4+. The van der Waals surface area contributed by atoms with Gasteiger partial charge in [-0.3, -0.25) is 19.9 Å². The normalized spacial score (nSPS) is 10.7. The molecule has 0 N–H and O–H groups in total. The molecule has 0 aliphatic carbocycles. The topological polar surface area (TPSA) is 91.6 Å². The number of ether oxygens (including phenoxy) is 2. The number of benzene rings is 2. The van der Waals surface area contributed by atoms with Crippen molar-refractivity contribution in [3.8, 4) is 11.5 Å². The van der Waals surface area contributed by atoms with Crippen LogP contribution in [-0.4, -0.2) is 22.8 Å². The fraction of sp³-hybridized carbons (Fsp3) is 0.0909. The van der Waals surface area contributed by atoms with Crippen LogP contribution >= 0.6 is 11.6 Å². The third-order valence-electron chi connectivity index (χ3n) is 4.19. The number of carbonyl (C=O) groups excluding carboxylic acids is 1. The number of rotatable bonds is 8. The average molecular weight is 425 g/mol. The Bertz CT molecular complexity index is 1100. The van der Waals surface area contributed by atoms with Gasteiger partial charge in [-0.05, 0) is 42.0 Å². The van der Waals surface area contributed by atoms with Gasteiger partial charge in [0.1, 0.15) is 18.1 Å². The molecule has 0 unspecified atom stereocenters. The fourth-order valence-electron chi connectivity index (χ4n) is 2.67. The molecule has 8 heteroatoms. The van der Waals surface area contributed by atoms with Crippen LogP contribution in [0.4, 0.5) is 5.69 Å². The number of carbonyl (C=O) groups is 1. The van der Waals surface area contributed by atoms with Crippen molar-refractivity contribution in [1.29, 1.82) is 0 Å². The Morgan fingerprint density at radius 3 is 2.67 bits per heavy atom. The van der Waals surface area contributed by atoms with Gasteiger partial charge in [-0.15, -0.1) is 0 Å². The van der Waals surface area contributed by atoms with Crippen LogP contribution in [-0.2, 0) is 6.61 Å². The molecule has 0 bridgehead atoms. The first-order valence-electron chi connectivity index (χ1n) is 8.84.